The number of aromatic nitrogens is 1. The monoisotopic (exact) mass is 340 g/mol. The number of nitrogens with one attached hydrogen (secondary N) is 1. The summed E-state index contributed by atoms with van der Waals surface area (Å²) in [7, 11) is 0. The molecular formula is C19H20N2O4. The van der Waals surface area contributed by atoms with Crippen LogP contribution in [0.2, 0.25) is 0 Å². The number of hydrogen-bond donors (Lipinski definition) is 2. The van der Waals surface area contributed by atoms with Gasteiger partial charge in [0.2, 0.25) is 0 Å². The highest BCUT2D eigenvalue weighted by molar-refractivity contribution is 5.97. The molecular weight excluding hydrogens is 320 g/mol. The smallest absolute Gasteiger partial charge is 0.311 e. The van der Waals surface area contributed by atoms with E-state index in [1.54, 1.807) is 6.92 Å². The maximum atomic E-state index is 12.3. The van der Waals surface area contributed by atoms with Crippen molar-refractivity contribution >= 4 is 22.8 Å². The minimum absolute atomic E-state index is 0.193. The van der Waals surface area contributed by atoms with E-state index in [4.69, 9.17) is 9.52 Å². The normalized spacial score (nSPS) is 10.9. The highest BCUT2D eigenvalue weighted by Gasteiger charge is 2.20. The van der Waals surface area contributed by atoms with Gasteiger partial charge >= 0.3 is 5.97 Å². The second kappa shape index (κ2) is 7.25. The minimum atomic E-state index is -1.03. The summed E-state index contributed by atoms with van der Waals surface area (Å²) in [5.74, 6) is -1.12. The van der Waals surface area contributed by atoms with Gasteiger partial charge in [-0.3, -0.25) is 9.59 Å². The average molecular weight is 340 g/mol. The summed E-state index contributed by atoms with van der Waals surface area (Å²) in [6, 6.07) is 10.2. The lowest BCUT2D eigenvalue weighted by molar-refractivity contribution is -0.136. The number of carboxylic acids is 1. The summed E-state index contributed by atoms with van der Waals surface area (Å²) in [5, 5.41) is 12.9. The zero-order valence-corrected chi connectivity index (χ0v) is 14.0. The van der Waals surface area contributed by atoms with Gasteiger partial charge in [0, 0.05) is 30.4 Å². The van der Waals surface area contributed by atoms with Crippen LogP contribution in [0.4, 0.5) is 0 Å². The van der Waals surface area contributed by atoms with Crippen LogP contribution in [0.15, 0.2) is 47.2 Å². The molecule has 2 N–H and O–H groups in total. The number of aryl methyl sites for hydroxylation is 2. The molecule has 3 aromatic rings. The van der Waals surface area contributed by atoms with Crippen LogP contribution < -0.4 is 5.32 Å². The molecule has 0 atom stereocenters. The van der Waals surface area contributed by atoms with Crippen LogP contribution in [0.3, 0.4) is 0 Å². The average Bonchev–Trinajstić information content (AvgIpc) is 3.15. The molecule has 1 aromatic carbocycles. The quantitative estimate of drug-likeness (QED) is 0.648. The molecule has 130 valence electrons. The maximum Gasteiger partial charge on any atom is 0.311 e. The largest absolute Gasteiger partial charge is 0.481 e. The van der Waals surface area contributed by atoms with Crippen molar-refractivity contribution in [3.8, 4) is 0 Å². The predicted molar refractivity (Wildman–Crippen MR) is 93.7 cm³/mol. The second-order valence-electron chi connectivity index (χ2n) is 5.96. The van der Waals surface area contributed by atoms with E-state index in [1.165, 1.54) is 17.2 Å². The first kappa shape index (κ1) is 16.8. The molecule has 0 saturated heterocycles. The SMILES string of the molecule is Cc1coc(CC(=O)O)c1C(=O)NCCCn1ccc2ccccc21. The number of aliphatic carboxylic acids is 1. The van der Waals surface area contributed by atoms with Crippen LogP contribution in [0.5, 0.6) is 0 Å². The Bertz CT molecular complexity index is 907. The Labute approximate surface area is 145 Å². The van der Waals surface area contributed by atoms with Gasteiger partial charge in [-0.25, -0.2) is 0 Å². The van der Waals surface area contributed by atoms with Crippen LogP contribution in [0.1, 0.15) is 28.1 Å². The molecule has 3 rings (SSSR count). The summed E-state index contributed by atoms with van der Waals surface area (Å²) in [5.41, 5.74) is 2.14. The summed E-state index contributed by atoms with van der Waals surface area (Å²) < 4.78 is 7.35. The van der Waals surface area contributed by atoms with E-state index >= 15 is 0 Å². The number of fused-ring (bicyclic) bond motifs is 1. The number of nitrogens with zero attached hydrogens (tertiary/aromatic N) is 1. The molecule has 0 unspecified atom stereocenters. The zero-order chi connectivity index (χ0) is 17.8. The molecule has 0 fully saturated rings. The molecule has 0 saturated carbocycles. The van der Waals surface area contributed by atoms with Crippen LogP contribution in [-0.2, 0) is 17.8 Å². The van der Waals surface area contributed by atoms with Crippen molar-refractivity contribution in [2.75, 3.05) is 6.54 Å². The number of rotatable bonds is 7. The van der Waals surface area contributed by atoms with Crippen molar-refractivity contribution in [1.29, 1.82) is 0 Å². The first-order chi connectivity index (χ1) is 12.1. The number of carboxylic acid groups (broad SMARTS) is 1. The van der Waals surface area contributed by atoms with E-state index < -0.39 is 5.97 Å². The predicted octanol–water partition coefficient (Wildman–Crippen LogP) is 2.99. The van der Waals surface area contributed by atoms with Crippen LogP contribution in [0.25, 0.3) is 10.9 Å². The lowest BCUT2D eigenvalue weighted by Gasteiger charge is -2.08. The fraction of sp³-hybridized carbons (Fsp3) is 0.263. The molecule has 0 aliphatic heterocycles. The van der Waals surface area contributed by atoms with E-state index in [1.807, 2.05) is 18.3 Å². The van der Waals surface area contributed by atoms with Crippen molar-refractivity contribution in [1.82, 2.24) is 9.88 Å². The lowest BCUT2D eigenvalue weighted by atomic mass is 10.1. The molecule has 6 heteroatoms. The topological polar surface area (TPSA) is 84.5 Å². The molecule has 0 radical (unpaired) electrons. The first-order valence-corrected chi connectivity index (χ1v) is 8.17. The fourth-order valence-corrected chi connectivity index (χ4v) is 2.95. The molecule has 0 aliphatic rings. The highest BCUT2D eigenvalue weighted by atomic mass is 16.4. The molecule has 2 aromatic heterocycles. The summed E-state index contributed by atoms with van der Waals surface area (Å²) in [4.78, 5) is 23.2. The number of benzene rings is 1. The van der Waals surface area contributed by atoms with Gasteiger partial charge in [0.1, 0.15) is 12.2 Å². The Morgan fingerprint density at radius 2 is 2.04 bits per heavy atom. The van der Waals surface area contributed by atoms with Crippen molar-refractivity contribution in [3.05, 3.63) is 59.7 Å². The Kier molecular flexibility index (Phi) is 4.88. The van der Waals surface area contributed by atoms with Crippen LogP contribution >= 0.6 is 0 Å². The summed E-state index contributed by atoms with van der Waals surface area (Å²) >= 11 is 0. The van der Waals surface area contributed by atoms with Crippen molar-refractivity contribution in [2.45, 2.75) is 26.3 Å². The van der Waals surface area contributed by atoms with Gasteiger partial charge < -0.3 is 19.4 Å². The minimum Gasteiger partial charge on any atom is -0.481 e. The van der Waals surface area contributed by atoms with Gasteiger partial charge in [0.25, 0.3) is 5.91 Å². The Morgan fingerprint density at radius 3 is 2.84 bits per heavy atom. The maximum absolute atomic E-state index is 12.3. The molecule has 6 nitrogen and oxygen atoms in total. The van der Waals surface area contributed by atoms with E-state index in [9.17, 15) is 9.59 Å². The molecule has 0 spiro atoms. The zero-order valence-electron chi connectivity index (χ0n) is 14.0. The van der Waals surface area contributed by atoms with E-state index in [2.05, 4.69) is 28.1 Å². The van der Waals surface area contributed by atoms with E-state index in [-0.39, 0.29) is 18.1 Å². The number of carbonyl (C=O) groups is 2. The Hall–Kier alpha value is -3.02. The number of para-hydroxylation sites is 1. The molecule has 0 aliphatic carbocycles. The third kappa shape index (κ3) is 3.74. The van der Waals surface area contributed by atoms with E-state index in [0.29, 0.717) is 17.7 Å². The fourth-order valence-electron chi connectivity index (χ4n) is 2.95. The molecule has 1 amide bonds. The van der Waals surface area contributed by atoms with Gasteiger partial charge in [-0.05, 0) is 30.9 Å². The van der Waals surface area contributed by atoms with Gasteiger partial charge in [0.15, 0.2) is 0 Å². The highest BCUT2D eigenvalue weighted by Crippen LogP contribution is 2.18. The Morgan fingerprint density at radius 1 is 1.24 bits per heavy atom. The molecule has 25 heavy (non-hydrogen) atoms. The van der Waals surface area contributed by atoms with Crippen molar-refractivity contribution in [3.63, 3.8) is 0 Å². The van der Waals surface area contributed by atoms with Gasteiger partial charge in [-0.1, -0.05) is 18.2 Å². The first-order valence-electron chi connectivity index (χ1n) is 8.17. The van der Waals surface area contributed by atoms with Crippen molar-refractivity contribution in [2.24, 2.45) is 0 Å². The number of furan rings is 1. The molecule has 2 heterocycles. The number of amides is 1. The Balaban J connectivity index is 1.56. The van der Waals surface area contributed by atoms with Crippen molar-refractivity contribution < 1.29 is 19.1 Å². The van der Waals surface area contributed by atoms with Gasteiger partial charge in [-0.15, -0.1) is 0 Å². The standard InChI is InChI=1S/C19H20N2O4/c1-13-12-25-16(11-17(22)23)18(13)19(24)20-8-4-9-21-10-7-14-5-2-3-6-15(14)21/h2-3,5-7,10,12H,4,8-9,11H2,1H3,(H,20,24)(H,22,23). The van der Waals surface area contributed by atoms with Crippen LogP contribution in [-0.4, -0.2) is 28.1 Å². The van der Waals surface area contributed by atoms with Gasteiger partial charge in [0.05, 0.1) is 11.8 Å². The van der Waals surface area contributed by atoms with E-state index in [0.717, 1.165) is 13.0 Å². The second-order valence-corrected chi connectivity index (χ2v) is 5.96. The summed E-state index contributed by atoms with van der Waals surface area (Å²) in [6.07, 6.45) is 3.93. The van der Waals surface area contributed by atoms with Crippen LogP contribution in [0, 0.1) is 6.92 Å². The lowest BCUT2D eigenvalue weighted by Crippen LogP contribution is -2.26. The third-order valence-electron chi connectivity index (χ3n) is 4.13. The summed E-state index contributed by atoms with van der Waals surface area (Å²) in [6.45, 7) is 3.03. The number of carbonyl (C=O) groups excluding carboxylic acids is 1. The third-order valence-corrected chi connectivity index (χ3v) is 4.13. The number of hydrogen-bond acceptors (Lipinski definition) is 3. The van der Waals surface area contributed by atoms with Gasteiger partial charge in [-0.2, -0.15) is 0 Å². The molecule has 0 bridgehead atoms.